The van der Waals surface area contributed by atoms with Crippen molar-refractivity contribution >= 4 is 0 Å². The van der Waals surface area contributed by atoms with Crippen molar-refractivity contribution in [1.29, 1.82) is 0 Å². The second-order valence-electron chi connectivity index (χ2n) is 3.38. The van der Waals surface area contributed by atoms with Crippen molar-refractivity contribution in [3.05, 3.63) is 53.7 Å². The Labute approximate surface area is 86.4 Å². The molecule has 0 bridgehead atoms. The second kappa shape index (κ2) is 3.77. The Morgan fingerprint density at radius 1 is 1.00 bits per heavy atom. The third kappa shape index (κ3) is 2.18. The predicted molar refractivity (Wildman–Crippen MR) is 54.3 cm³/mol. The van der Waals surface area contributed by atoms with Crippen LogP contribution in [0.4, 0.5) is 8.78 Å². The van der Waals surface area contributed by atoms with Crippen molar-refractivity contribution in [2.24, 2.45) is 0 Å². The molecular weight excluding hydrogens is 196 g/mol. The van der Waals surface area contributed by atoms with Gasteiger partial charge in [-0.3, -0.25) is 4.98 Å². The average molecular weight is 205 g/mol. The van der Waals surface area contributed by atoms with E-state index in [1.54, 1.807) is 12.3 Å². The summed E-state index contributed by atoms with van der Waals surface area (Å²) < 4.78 is 25.9. The summed E-state index contributed by atoms with van der Waals surface area (Å²) >= 11 is 0. The summed E-state index contributed by atoms with van der Waals surface area (Å²) in [7, 11) is 0. The average Bonchev–Trinajstić information content (AvgIpc) is 2.17. The third-order valence-corrected chi connectivity index (χ3v) is 2.07. The summed E-state index contributed by atoms with van der Waals surface area (Å²) in [5.74, 6) is -1.18. The lowest BCUT2D eigenvalue weighted by atomic mass is 10.1. The molecule has 0 aliphatic rings. The zero-order chi connectivity index (χ0) is 10.8. The van der Waals surface area contributed by atoms with E-state index in [1.807, 2.05) is 13.0 Å². The SMILES string of the molecule is Cc1ccc(-c2cc(F)cc(F)c2)nc1. The molecule has 0 aliphatic carbocycles. The van der Waals surface area contributed by atoms with Gasteiger partial charge >= 0.3 is 0 Å². The zero-order valence-electron chi connectivity index (χ0n) is 8.17. The lowest BCUT2D eigenvalue weighted by Gasteiger charge is -2.01. The largest absolute Gasteiger partial charge is 0.256 e. The number of aryl methyl sites for hydroxylation is 1. The highest BCUT2D eigenvalue weighted by atomic mass is 19.1. The number of aromatic nitrogens is 1. The molecule has 76 valence electrons. The van der Waals surface area contributed by atoms with Crippen molar-refractivity contribution < 1.29 is 8.78 Å². The molecule has 0 unspecified atom stereocenters. The predicted octanol–water partition coefficient (Wildman–Crippen LogP) is 3.34. The second-order valence-corrected chi connectivity index (χ2v) is 3.38. The summed E-state index contributed by atoms with van der Waals surface area (Å²) in [5, 5.41) is 0. The van der Waals surface area contributed by atoms with Crippen LogP contribution in [0.1, 0.15) is 5.56 Å². The van der Waals surface area contributed by atoms with Crippen molar-refractivity contribution in [3.8, 4) is 11.3 Å². The Balaban J connectivity index is 2.49. The van der Waals surface area contributed by atoms with E-state index in [-0.39, 0.29) is 0 Å². The van der Waals surface area contributed by atoms with Gasteiger partial charge in [-0.2, -0.15) is 0 Å². The van der Waals surface area contributed by atoms with Crippen LogP contribution in [0.25, 0.3) is 11.3 Å². The van der Waals surface area contributed by atoms with E-state index in [4.69, 9.17) is 0 Å². The molecule has 0 amide bonds. The van der Waals surface area contributed by atoms with Crippen LogP contribution in [-0.2, 0) is 0 Å². The Morgan fingerprint density at radius 2 is 1.67 bits per heavy atom. The Kier molecular flexibility index (Phi) is 2.46. The van der Waals surface area contributed by atoms with E-state index in [9.17, 15) is 8.78 Å². The molecule has 2 rings (SSSR count). The lowest BCUT2D eigenvalue weighted by molar-refractivity contribution is 0.584. The molecule has 0 saturated carbocycles. The molecule has 2 aromatic rings. The molecule has 0 saturated heterocycles. The minimum absolute atomic E-state index is 0.451. The van der Waals surface area contributed by atoms with Crippen LogP contribution in [0.2, 0.25) is 0 Å². The van der Waals surface area contributed by atoms with Crippen LogP contribution >= 0.6 is 0 Å². The van der Waals surface area contributed by atoms with Gasteiger partial charge in [-0.15, -0.1) is 0 Å². The smallest absolute Gasteiger partial charge is 0.126 e. The van der Waals surface area contributed by atoms with E-state index in [2.05, 4.69) is 4.98 Å². The van der Waals surface area contributed by atoms with Crippen LogP contribution in [0.5, 0.6) is 0 Å². The summed E-state index contributed by atoms with van der Waals surface area (Å²) in [4.78, 5) is 4.10. The minimum Gasteiger partial charge on any atom is -0.256 e. The molecule has 0 N–H and O–H groups in total. The van der Waals surface area contributed by atoms with E-state index in [0.29, 0.717) is 11.3 Å². The van der Waals surface area contributed by atoms with Gasteiger partial charge in [0.25, 0.3) is 0 Å². The topological polar surface area (TPSA) is 12.9 Å². The van der Waals surface area contributed by atoms with Gasteiger partial charge < -0.3 is 0 Å². The number of benzene rings is 1. The van der Waals surface area contributed by atoms with Gasteiger partial charge in [-0.25, -0.2) is 8.78 Å². The van der Waals surface area contributed by atoms with Crippen molar-refractivity contribution in [2.75, 3.05) is 0 Å². The van der Waals surface area contributed by atoms with E-state index >= 15 is 0 Å². The molecule has 1 heterocycles. The summed E-state index contributed by atoms with van der Waals surface area (Å²) in [6, 6.07) is 6.97. The van der Waals surface area contributed by atoms with E-state index < -0.39 is 11.6 Å². The number of pyridine rings is 1. The molecule has 0 fully saturated rings. The van der Waals surface area contributed by atoms with Gasteiger partial charge in [0.1, 0.15) is 11.6 Å². The van der Waals surface area contributed by atoms with Gasteiger partial charge in [-0.1, -0.05) is 6.07 Å². The fourth-order valence-electron chi connectivity index (χ4n) is 1.34. The number of hydrogen-bond acceptors (Lipinski definition) is 1. The monoisotopic (exact) mass is 205 g/mol. The summed E-state index contributed by atoms with van der Waals surface area (Å²) in [5.41, 5.74) is 2.03. The first-order valence-electron chi connectivity index (χ1n) is 4.54. The van der Waals surface area contributed by atoms with Crippen LogP contribution < -0.4 is 0 Å². The van der Waals surface area contributed by atoms with Gasteiger partial charge in [0, 0.05) is 17.8 Å². The molecular formula is C12H9F2N. The van der Waals surface area contributed by atoms with Crippen molar-refractivity contribution in [1.82, 2.24) is 4.98 Å². The molecule has 0 atom stereocenters. The van der Waals surface area contributed by atoms with E-state index in [1.165, 1.54) is 12.1 Å². The van der Waals surface area contributed by atoms with Gasteiger partial charge in [0.15, 0.2) is 0 Å². The zero-order valence-corrected chi connectivity index (χ0v) is 8.17. The van der Waals surface area contributed by atoms with Crippen LogP contribution in [0.3, 0.4) is 0 Å². The first-order chi connectivity index (χ1) is 7.15. The number of hydrogen-bond donors (Lipinski definition) is 0. The first-order valence-corrected chi connectivity index (χ1v) is 4.54. The van der Waals surface area contributed by atoms with Crippen LogP contribution in [0, 0.1) is 18.6 Å². The van der Waals surface area contributed by atoms with Crippen LogP contribution in [0.15, 0.2) is 36.5 Å². The molecule has 1 aromatic carbocycles. The van der Waals surface area contributed by atoms with Gasteiger partial charge in [-0.05, 0) is 30.7 Å². The Morgan fingerprint density at radius 3 is 2.20 bits per heavy atom. The third-order valence-electron chi connectivity index (χ3n) is 2.07. The molecule has 0 aliphatic heterocycles. The maximum atomic E-state index is 12.9. The maximum Gasteiger partial charge on any atom is 0.126 e. The fraction of sp³-hybridized carbons (Fsp3) is 0.0833. The fourth-order valence-corrected chi connectivity index (χ4v) is 1.34. The minimum atomic E-state index is -0.590. The lowest BCUT2D eigenvalue weighted by Crippen LogP contribution is -1.87. The highest BCUT2D eigenvalue weighted by molar-refractivity contribution is 5.59. The molecule has 0 radical (unpaired) electrons. The first kappa shape index (κ1) is 9.77. The molecule has 15 heavy (non-hydrogen) atoms. The highest BCUT2D eigenvalue weighted by Gasteiger charge is 2.03. The Hall–Kier alpha value is -1.77. The van der Waals surface area contributed by atoms with Gasteiger partial charge in [0.05, 0.1) is 5.69 Å². The van der Waals surface area contributed by atoms with E-state index in [0.717, 1.165) is 11.6 Å². The standard InChI is InChI=1S/C12H9F2N/c1-8-2-3-12(15-7-8)9-4-10(13)6-11(14)5-9/h2-7H,1H3. The van der Waals surface area contributed by atoms with Crippen molar-refractivity contribution in [2.45, 2.75) is 6.92 Å². The molecule has 3 heteroatoms. The maximum absolute atomic E-state index is 12.9. The summed E-state index contributed by atoms with van der Waals surface area (Å²) in [6.45, 7) is 1.91. The molecule has 1 aromatic heterocycles. The highest BCUT2D eigenvalue weighted by Crippen LogP contribution is 2.19. The number of rotatable bonds is 1. The number of halogens is 2. The van der Waals surface area contributed by atoms with Gasteiger partial charge in [0.2, 0.25) is 0 Å². The normalized spacial score (nSPS) is 10.3. The number of nitrogens with zero attached hydrogens (tertiary/aromatic N) is 1. The quantitative estimate of drug-likeness (QED) is 0.695. The van der Waals surface area contributed by atoms with Crippen molar-refractivity contribution in [3.63, 3.8) is 0 Å². The summed E-state index contributed by atoms with van der Waals surface area (Å²) in [6.07, 6.45) is 1.66. The Bertz CT molecular complexity index is 457. The van der Waals surface area contributed by atoms with Crippen LogP contribution in [-0.4, -0.2) is 4.98 Å². The molecule has 0 spiro atoms. The molecule has 1 nitrogen and oxygen atoms in total.